The lowest BCUT2D eigenvalue weighted by molar-refractivity contribution is 0.0996. The molecule has 0 unspecified atom stereocenters. The molecule has 0 saturated carbocycles. The van der Waals surface area contributed by atoms with E-state index in [9.17, 15) is 9.18 Å². The topological polar surface area (TPSA) is 78.3 Å². The largest absolute Gasteiger partial charge is 0.488 e. The molecule has 0 aliphatic rings. The Morgan fingerprint density at radius 3 is 2.63 bits per heavy atom. The number of amides is 1. The maximum atomic E-state index is 13.4. The highest BCUT2D eigenvalue weighted by Crippen LogP contribution is 2.23. The second-order valence-electron chi connectivity index (χ2n) is 4.00. The summed E-state index contributed by atoms with van der Waals surface area (Å²) in [7, 11) is 0. The van der Waals surface area contributed by atoms with E-state index in [1.165, 1.54) is 18.2 Å². The minimum absolute atomic E-state index is 0.00356. The molecule has 0 spiro atoms. The molecule has 0 bridgehead atoms. The Bertz CT molecular complexity index is 614. The van der Waals surface area contributed by atoms with Crippen molar-refractivity contribution in [2.24, 2.45) is 5.73 Å². The van der Waals surface area contributed by atoms with Gasteiger partial charge in [-0.15, -0.1) is 0 Å². The fourth-order valence-corrected chi connectivity index (χ4v) is 1.63. The van der Waals surface area contributed by atoms with Gasteiger partial charge in [-0.2, -0.15) is 0 Å². The number of carbonyl (C=O) groups is 1. The first-order valence-corrected chi connectivity index (χ1v) is 5.63. The highest BCUT2D eigenvalue weighted by molar-refractivity contribution is 5.96. The molecule has 0 radical (unpaired) electrons. The average Bonchev–Trinajstić information content (AvgIpc) is 2.37. The number of benzene rings is 2. The van der Waals surface area contributed by atoms with Gasteiger partial charge in [0.15, 0.2) is 0 Å². The molecule has 98 valence electrons. The number of nitrogen functional groups attached to an aromatic ring is 1. The number of nitrogens with two attached hydrogens (primary N) is 2. The fraction of sp³-hybridized carbons (Fsp3) is 0.0714. The van der Waals surface area contributed by atoms with Crippen LogP contribution < -0.4 is 16.2 Å². The molecule has 4 N–H and O–H groups in total. The molecular formula is C14H13FN2O2. The second-order valence-corrected chi connectivity index (χ2v) is 4.00. The van der Waals surface area contributed by atoms with E-state index in [0.717, 1.165) is 0 Å². The molecule has 0 heterocycles. The number of halogens is 1. The number of ether oxygens (including phenoxy) is 1. The van der Waals surface area contributed by atoms with Crippen LogP contribution in [0.4, 0.5) is 10.1 Å². The van der Waals surface area contributed by atoms with Gasteiger partial charge in [-0.1, -0.05) is 18.2 Å². The molecule has 0 saturated heterocycles. The summed E-state index contributed by atoms with van der Waals surface area (Å²) in [6.45, 7) is -0.00356. The van der Waals surface area contributed by atoms with Gasteiger partial charge in [-0.3, -0.25) is 4.79 Å². The summed E-state index contributed by atoms with van der Waals surface area (Å²) < 4.78 is 18.9. The van der Waals surface area contributed by atoms with Gasteiger partial charge in [-0.25, -0.2) is 4.39 Å². The molecule has 1 amide bonds. The van der Waals surface area contributed by atoms with Gasteiger partial charge in [0.1, 0.15) is 18.2 Å². The molecule has 5 heteroatoms. The number of hydrogen-bond acceptors (Lipinski definition) is 3. The van der Waals surface area contributed by atoms with Crippen molar-refractivity contribution < 1.29 is 13.9 Å². The number of hydrogen-bond donors (Lipinski definition) is 2. The molecule has 2 aromatic rings. The van der Waals surface area contributed by atoms with Crippen molar-refractivity contribution in [1.29, 1.82) is 0 Å². The Balaban J connectivity index is 2.22. The van der Waals surface area contributed by atoms with Crippen LogP contribution in [0, 0.1) is 5.82 Å². The van der Waals surface area contributed by atoms with Gasteiger partial charge < -0.3 is 16.2 Å². The van der Waals surface area contributed by atoms with E-state index in [2.05, 4.69) is 0 Å². The Hall–Kier alpha value is -2.56. The molecule has 0 aliphatic heterocycles. The van der Waals surface area contributed by atoms with Gasteiger partial charge in [0, 0.05) is 17.3 Å². The first kappa shape index (κ1) is 12.9. The van der Waals surface area contributed by atoms with E-state index < -0.39 is 5.91 Å². The first-order valence-electron chi connectivity index (χ1n) is 5.63. The summed E-state index contributed by atoms with van der Waals surface area (Å²) in [5.74, 6) is -0.744. The summed E-state index contributed by atoms with van der Waals surface area (Å²) in [5, 5.41) is 0. The molecule has 19 heavy (non-hydrogen) atoms. The predicted octanol–water partition coefficient (Wildman–Crippen LogP) is 2.09. The lowest BCUT2D eigenvalue weighted by atomic mass is 10.1. The minimum Gasteiger partial charge on any atom is -0.488 e. The number of rotatable bonds is 4. The van der Waals surface area contributed by atoms with Crippen LogP contribution in [-0.2, 0) is 6.61 Å². The highest BCUT2D eigenvalue weighted by Gasteiger charge is 2.10. The van der Waals surface area contributed by atoms with E-state index in [1.807, 2.05) is 0 Å². The normalized spacial score (nSPS) is 10.2. The van der Waals surface area contributed by atoms with Crippen molar-refractivity contribution in [3.63, 3.8) is 0 Å². The van der Waals surface area contributed by atoms with Crippen LogP contribution in [-0.4, -0.2) is 5.91 Å². The number of primary amides is 1. The standard InChI is InChI=1S/C14H13FN2O2/c15-12-4-2-1-3-9(12)8-19-13-7-10(16)5-6-11(13)14(17)18/h1-7H,8,16H2,(H2,17,18). The summed E-state index contributed by atoms with van der Waals surface area (Å²) >= 11 is 0. The molecule has 0 aliphatic carbocycles. The fourth-order valence-electron chi connectivity index (χ4n) is 1.63. The Labute approximate surface area is 109 Å². The third-order valence-corrected chi connectivity index (χ3v) is 2.61. The zero-order valence-electron chi connectivity index (χ0n) is 10.1. The third kappa shape index (κ3) is 3.01. The Kier molecular flexibility index (Phi) is 3.66. The van der Waals surface area contributed by atoms with Gasteiger partial charge in [0.05, 0.1) is 5.56 Å². The Morgan fingerprint density at radius 2 is 1.95 bits per heavy atom. The molecule has 2 aromatic carbocycles. The van der Waals surface area contributed by atoms with Crippen molar-refractivity contribution >= 4 is 11.6 Å². The monoisotopic (exact) mass is 260 g/mol. The molecule has 4 nitrogen and oxygen atoms in total. The minimum atomic E-state index is -0.622. The maximum Gasteiger partial charge on any atom is 0.252 e. The van der Waals surface area contributed by atoms with Gasteiger partial charge in [-0.05, 0) is 18.2 Å². The van der Waals surface area contributed by atoms with Gasteiger partial charge in [0.2, 0.25) is 0 Å². The lowest BCUT2D eigenvalue weighted by Crippen LogP contribution is -2.13. The van der Waals surface area contributed by atoms with Crippen LogP contribution in [0.5, 0.6) is 5.75 Å². The van der Waals surface area contributed by atoms with Crippen LogP contribution in [0.2, 0.25) is 0 Å². The van der Waals surface area contributed by atoms with Crippen LogP contribution in [0.15, 0.2) is 42.5 Å². The smallest absolute Gasteiger partial charge is 0.252 e. The number of carbonyl (C=O) groups excluding carboxylic acids is 1. The molecule has 0 fully saturated rings. The van der Waals surface area contributed by atoms with E-state index in [1.54, 1.807) is 24.3 Å². The summed E-state index contributed by atoms with van der Waals surface area (Å²) in [5.41, 5.74) is 11.9. The van der Waals surface area contributed by atoms with Crippen LogP contribution in [0.3, 0.4) is 0 Å². The van der Waals surface area contributed by atoms with Crippen molar-refractivity contribution in [1.82, 2.24) is 0 Å². The molecular weight excluding hydrogens is 247 g/mol. The van der Waals surface area contributed by atoms with E-state index >= 15 is 0 Å². The summed E-state index contributed by atoms with van der Waals surface area (Å²) in [6.07, 6.45) is 0. The number of anilines is 1. The molecule has 0 atom stereocenters. The highest BCUT2D eigenvalue weighted by atomic mass is 19.1. The van der Waals surface area contributed by atoms with Crippen molar-refractivity contribution in [3.8, 4) is 5.75 Å². The Morgan fingerprint density at radius 1 is 1.21 bits per heavy atom. The zero-order valence-corrected chi connectivity index (χ0v) is 10.1. The molecule has 0 aromatic heterocycles. The maximum absolute atomic E-state index is 13.4. The van der Waals surface area contributed by atoms with Crippen LogP contribution >= 0.6 is 0 Å². The van der Waals surface area contributed by atoms with E-state index in [-0.39, 0.29) is 23.7 Å². The van der Waals surface area contributed by atoms with Crippen molar-refractivity contribution in [2.45, 2.75) is 6.61 Å². The third-order valence-electron chi connectivity index (χ3n) is 2.61. The quantitative estimate of drug-likeness (QED) is 0.826. The predicted molar refractivity (Wildman–Crippen MR) is 70.1 cm³/mol. The first-order chi connectivity index (χ1) is 9.08. The summed E-state index contributed by atoms with van der Waals surface area (Å²) in [4.78, 5) is 11.2. The van der Waals surface area contributed by atoms with Crippen molar-refractivity contribution in [2.75, 3.05) is 5.73 Å². The molecule has 2 rings (SSSR count). The second kappa shape index (κ2) is 5.39. The van der Waals surface area contributed by atoms with E-state index in [4.69, 9.17) is 16.2 Å². The van der Waals surface area contributed by atoms with E-state index in [0.29, 0.717) is 11.3 Å². The average molecular weight is 260 g/mol. The van der Waals surface area contributed by atoms with Gasteiger partial charge in [0.25, 0.3) is 5.91 Å². The van der Waals surface area contributed by atoms with Gasteiger partial charge >= 0.3 is 0 Å². The van der Waals surface area contributed by atoms with Crippen LogP contribution in [0.1, 0.15) is 15.9 Å². The SMILES string of the molecule is NC(=O)c1ccc(N)cc1OCc1ccccc1F. The van der Waals surface area contributed by atoms with Crippen molar-refractivity contribution in [3.05, 3.63) is 59.4 Å². The summed E-state index contributed by atoms with van der Waals surface area (Å²) in [6, 6.07) is 10.8. The lowest BCUT2D eigenvalue weighted by Gasteiger charge is -2.10. The zero-order chi connectivity index (χ0) is 13.8. The van der Waals surface area contributed by atoms with Crippen LogP contribution in [0.25, 0.3) is 0 Å².